The van der Waals surface area contributed by atoms with E-state index in [-0.39, 0.29) is 19.0 Å². The number of hydrogen-bond acceptors (Lipinski definition) is 8. The first kappa shape index (κ1) is 20.0. The van der Waals surface area contributed by atoms with Gasteiger partial charge in [-0.1, -0.05) is 5.21 Å². The topological polar surface area (TPSA) is 122 Å². The smallest absolute Gasteiger partial charge is 0.414 e. The maximum Gasteiger partial charge on any atom is 0.414 e. The second kappa shape index (κ2) is 8.63. The standard InChI is InChI=1S/C18H23FN8O3/c19-15-9-13(26-11-14(10-20)30-18(26)29)1-2-16(15)24-5-4-22-27(8-7-24)17(28)12-25-6-3-21-23-25/h1-3,6,9,14,22H,4-5,7-8,10-12,20H2/t14-/m0/s1. The van der Waals surface area contributed by atoms with Gasteiger partial charge in [-0.15, -0.1) is 5.10 Å². The van der Waals surface area contributed by atoms with Gasteiger partial charge in [0, 0.05) is 32.4 Å². The van der Waals surface area contributed by atoms with Gasteiger partial charge in [-0.2, -0.15) is 0 Å². The van der Waals surface area contributed by atoms with Crippen LogP contribution in [0.25, 0.3) is 0 Å². The zero-order chi connectivity index (χ0) is 21.1. The van der Waals surface area contributed by atoms with Gasteiger partial charge in [-0.25, -0.2) is 19.3 Å². The van der Waals surface area contributed by atoms with E-state index in [1.807, 2.05) is 4.90 Å². The van der Waals surface area contributed by atoms with Crippen LogP contribution in [0.4, 0.5) is 20.6 Å². The molecule has 1 aromatic heterocycles. The highest BCUT2D eigenvalue weighted by molar-refractivity contribution is 5.90. The van der Waals surface area contributed by atoms with Crippen molar-refractivity contribution in [1.29, 1.82) is 0 Å². The zero-order valence-electron chi connectivity index (χ0n) is 16.3. The number of aromatic nitrogens is 3. The van der Waals surface area contributed by atoms with E-state index in [1.54, 1.807) is 18.3 Å². The molecule has 0 bridgehead atoms. The van der Waals surface area contributed by atoms with Gasteiger partial charge < -0.3 is 15.4 Å². The fraction of sp³-hybridized carbons (Fsp3) is 0.444. The molecule has 2 aliphatic rings. The molecule has 0 radical (unpaired) electrons. The van der Waals surface area contributed by atoms with Crippen molar-refractivity contribution in [3.8, 4) is 0 Å². The Morgan fingerprint density at radius 2 is 2.20 bits per heavy atom. The second-order valence-corrected chi connectivity index (χ2v) is 7.03. The Kier molecular flexibility index (Phi) is 5.77. The average Bonchev–Trinajstić information content (AvgIpc) is 3.30. The molecule has 0 unspecified atom stereocenters. The molecule has 160 valence electrons. The number of cyclic esters (lactones) is 1. The number of carbonyl (C=O) groups is 2. The summed E-state index contributed by atoms with van der Waals surface area (Å²) >= 11 is 0. The Morgan fingerprint density at radius 3 is 2.90 bits per heavy atom. The first-order chi connectivity index (χ1) is 14.5. The number of hydrazine groups is 1. The van der Waals surface area contributed by atoms with Gasteiger partial charge in [0.05, 0.1) is 30.7 Å². The molecule has 3 heterocycles. The van der Waals surface area contributed by atoms with Gasteiger partial charge in [-0.3, -0.25) is 14.7 Å². The van der Waals surface area contributed by atoms with Gasteiger partial charge in [0.25, 0.3) is 5.91 Å². The van der Waals surface area contributed by atoms with Crippen LogP contribution in [-0.4, -0.2) is 77.4 Å². The van der Waals surface area contributed by atoms with Gasteiger partial charge in [0.15, 0.2) is 0 Å². The van der Waals surface area contributed by atoms with Crippen molar-refractivity contribution in [3.63, 3.8) is 0 Å². The maximum absolute atomic E-state index is 14.9. The SMILES string of the molecule is NC[C@H]1CN(c2ccc(N3CCNN(C(=O)Cn4ccnn4)CC3)c(F)c2)C(=O)O1. The van der Waals surface area contributed by atoms with E-state index in [4.69, 9.17) is 10.5 Å². The summed E-state index contributed by atoms with van der Waals surface area (Å²) in [6.45, 7) is 2.41. The number of amides is 2. The molecule has 2 aliphatic heterocycles. The fourth-order valence-corrected chi connectivity index (χ4v) is 3.50. The minimum atomic E-state index is -0.530. The van der Waals surface area contributed by atoms with E-state index in [1.165, 1.54) is 26.9 Å². The number of carbonyl (C=O) groups excluding carboxylic acids is 2. The maximum atomic E-state index is 14.9. The predicted molar refractivity (Wildman–Crippen MR) is 105 cm³/mol. The molecule has 30 heavy (non-hydrogen) atoms. The van der Waals surface area contributed by atoms with Crippen molar-refractivity contribution < 1.29 is 18.7 Å². The first-order valence-electron chi connectivity index (χ1n) is 9.66. The van der Waals surface area contributed by atoms with Crippen LogP contribution in [0.2, 0.25) is 0 Å². The van der Waals surface area contributed by atoms with Crippen molar-refractivity contribution >= 4 is 23.4 Å². The molecule has 4 rings (SSSR count). The van der Waals surface area contributed by atoms with E-state index in [9.17, 15) is 14.0 Å². The van der Waals surface area contributed by atoms with Crippen molar-refractivity contribution in [2.24, 2.45) is 5.73 Å². The number of benzene rings is 1. The van der Waals surface area contributed by atoms with Crippen molar-refractivity contribution in [3.05, 3.63) is 36.4 Å². The molecule has 0 saturated carbocycles. The summed E-state index contributed by atoms with van der Waals surface area (Å²) in [5.74, 6) is -0.598. The summed E-state index contributed by atoms with van der Waals surface area (Å²) in [5.41, 5.74) is 9.45. The predicted octanol–water partition coefficient (Wildman–Crippen LogP) is -0.445. The molecule has 0 aliphatic carbocycles. The number of halogens is 1. The molecule has 2 amide bonds. The summed E-state index contributed by atoms with van der Waals surface area (Å²) in [7, 11) is 0. The summed E-state index contributed by atoms with van der Waals surface area (Å²) in [4.78, 5) is 27.6. The Bertz CT molecular complexity index is 909. The van der Waals surface area contributed by atoms with Gasteiger partial charge in [0.2, 0.25) is 0 Å². The fourth-order valence-electron chi connectivity index (χ4n) is 3.50. The van der Waals surface area contributed by atoms with Gasteiger partial charge >= 0.3 is 6.09 Å². The van der Waals surface area contributed by atoms with Crippen LogP contribution < -0.4 is 21.0 Å². The average molecular weight is 418 g/mol. The van der Waals surface area contributed by atoms with Crippen LogP contribution >= 0.6 is 0 Å². The molecule has 1 atom stereocenters. The first-order valence-corrected chi connectivity index (χ1v) is 9.66. The Balaban J connectivity index is 1.40. The largest absolute Gasteiger partial charge is 0.443 e. The van der Waals surface area contributed by atoms with Crippen LogP contribution in [0.1, 0.15) is 0 Å². The third kappa shape index (κ3) is 4.19. The van der Waals surface area contributed by atoms with Crippen LogP contribution in [0.5, 0.6) is 0 Å². The van der Waals surface area contributed by atoms with E-state index in [0.29, 0.717) is 44.1 Å². The van der Waals surface area contributed by atoms with E-state index < -0.39 is 18.0 Å². The highest BCUT2D eigenvalue weighted by Gasteiger charge is 2.32. The molecular weight excluding hydrogens is 395 g/mol. The summed E-state index contributed by atoms with van der Waals surface area (Å²) < 4.78 is 21.4. The molecule has 2 aromatic rings. The summed E-state index contributed by atoms with van der Waals surface area (Å²) in [5, 5.41) is 8.99. The van der Waals surface area contributed by atoms with Gasteiger partial charge in [0.1, 0.15) is 18.5 Å². The lowest BCUT2D eigenvalue weighted by molar-refractivity contribution is -0.134. The van der Waals surface area contributed by atoms with Crippen LogP contribution in [0, 0.1) is 5.82 Å². The number of nitrogens with one attached hydrogen (secondary N) is 1. The van der Waals surface area contributed by atoms with Crippen molar-refractivity contribution in [2.45, 2.75) is 12.6 Å². The lowest BCUT2D eigenvalue weighted by Gasteiger charge is -2.24. The quantitative estimate of drug-likeness (QED) is 0.670. The normalized spacial score (nSPS) is 19.7. The molecule has 3 N–H and O–H groups in total. The molecule has 11 nitrogen and oxygen atoms in total. The van der Waals surface area contributed by atoms with E-state index in [0.717, 1.165) is 0 Å². The number of nitrogens with zero attached hydrogens (tertiary/aromatic N) is 6. The van der Waals surface area contributed by atoms with Crippen molar-refractivity contribution in [2.75, 3.05) is 49.1 Å². The lowest BCUT2D eigenvalue weighted by Crippen LogP contribution is -2.45. The highest BCUT2D eigenvalue weighted by Crippen LogP contribution is 2.28. The monoisotopic (exact) mass is 418 g/mol. The second-order valence-electron chi connectivity index (χ2n) is 7.03. The number of anilines is 2. The van der Waals surface area contributed by atoms with E-state index >= 15 is 0 Å². The molecule has 0 spiro atoms. The molecule has 2 saturated heterocycles. The van der Waals surface area contributed by atoms with E-state index in [2.05, 4.69) is 15.7 Å². The number of nitrogens with two attached hydrogens (primary N) is 1. The Hall–Kier alpha value is -3.25. The van der Waals surface area contributed by atoms with Crippen LogP contribution in [-0.2, 0) is 16.1 Å². The van der Waals surface area contributed by atoms with Crippen LogP contribution in [0.15, 0.2) is 30.6 Å². The highest BCUT2D eigenvalue weighted by atomic mass is 19.1. The van der Waals surface area contributed by atoms with Crippen LogP contribution in [0.3, 0.4) is 0 Å². The Labute approximate surface area is 172 Å². The molecular formula is C18H23FN8O3. The third-order valence-corrected chi connectivity index (χ3v) is 5.07. The summed E-state index contributed by atoms with van der Waals surface area (Å²) in [6.07, 6.45) is 2.20. The lowest BCUT2D eigenvalue weighted by atomic mass is 10.2. The number of hydrogen-bond donors (Lipinski definition) is 2. The Morgan fingerprint density at radius 1 is 1.33 bits per heavy atom. The zero-order valence-corrected chi connectivity index (χ0v) is 16.3. The molecule has 12 heteroatoms. The van der Waals surface area contributed by atoms with Crippen molar-refractivity contribution in [1.82, 2.24) is 25.4 Å². The molecule has 1 aromatic carbocycles. The minimum absolute atomic E-state index is 0.0752. The van der Waals surface area contributed by atoms with Gasteiger partial charge in [-0.05, 0) is 18.2 Å². The summed E-state index contributed by atoms with van der Waals surface area (Å²) in [6, 6.07) is 4.65. The number of rotatable bonds is 5. The minimum Gasteiger partial charge on any atom is -0.443 e. The number of ether oxygens (including phenoxy) is 1. The molecule has 2 fully saturated rings. The third-order valence-electron chi connectivity index (χ3n) is 5.07.